The zero-order valence-electron chi connectivity index (χ0n) is 9.22. The molecule has 19 heavy (non-hydrogen) atoms. The van der Waals surface area contributed by atoms with Gasteiger partial charge in [0.15, 0.2) is 0 Å². The quantitative estimate of drug-likeness (QED) is 0.606. The van der Waals surface area contributed by atoms with E-state index in [9.17, 15) is 14.9 Å². The summed E-state index contributed by atoms with van der Waals surface area (Å²) in [7, 11) is 0. The molecule has 0 fully saturated rings. The first-order valence-electron chi connectivity index (χ1n) is 4.96. The molecular weight excluding hydrogens is 400 g/mol. The van der Waals surface area contributed by atoms with Crippen molar-refractivity contribution in [2.24, 2.45) is 0 Å². The van der Waals surface area contributed by atoms with E-state index in [0.29, 0.717) is 10.0 Å². The number of nitrogens with zero attached hydrogens (tertiary/aromatic N) is 1. The topological polar surface area (TPSA) is 72.2 Å². The molecule has 8 heteroatoms. The second kappa shape index (κ2) is 5.81. The molecule has 0 saturated carbocycles. The van der Waals surface area contributed by atoms with Gasteiger partial charge >= 0.3 is 0 Å². The number of hydrogen-bond donors (Lipinski definition) is 1. The van der Waals surface area contributed by atoms with Crippen molar-refractivity contribution in [1.29, 1.82) is 0 Å². The van der Waals surface area contributed by atoms with Gasteiger partial charge in [0.05, 0.1) is 14.3 Å². The van der Waals surface area contributed by atoms with Crippen molar-refractivity contribution in [2.75, 3.05) is 5.32 Å². The lowest BCUT2D eigenvalue weighted by molar-refractivity contribution is -0.384. The van der Waals surface area contributed by atoms with Crippen LogP contribution >= 0.6 is 43.2 Å². The van der Waals surface area contributed by atoms with Crippen LogP contribution in [-0.2, 0) is 0 Å². The number of nitro benzene ring substituents is 1. The summed E-state index contributed by atoms with van der Waals surface area (Å²) < 4.78 is 1.40. The van der Waals surface area contributed by atoms with Crippen molar-refractivity contribution in [1.82, 2.24) is 0 Å². The lowest BCUT2D eigenvalue weighted by Crippen LogP contribution is -2.12. The highest BCUT2D eigenvalue weighted by Gasteiger charge is 2.17. The first kappa shape index (κ1) is 14.2. The molecule has 1 heterocycles. The van der Waals surface area contributed by atoms with Crippen molar-refractivity contribution in [3.8, 4) is 0 Å². The van der Waals surface area contributed by atoms with Crippen LogP contribution in [0, 0.1) is 10.1 Å². The van der Waals surface area contributed by atoms with Gasteiger partial charge in [0.25, 0.3) is 11.6 Å². The minimum atomic E-state index is -0.538. The fourth-order valence-corrected chi connectivity index (χ4v) is 2.87. The first-order chi connectivity index (χ1) is 8.97. The van der Waals surface area contributed by atoms with Gasteiger partial charge in [-0.1, -0.05) is 15.9 Å². The van der Waals surface area contributed by atoms with Crippen LogP contribution in [0.4, 0.5) is 11.4 Å². The molecular formula is C11H6Br2N2O3S. The van der Waals surface area contributed by atoms with E-state index >= 15 is 0 Å². The van der Waals surface area contributed by atoms with E-state index in [4.69, 9.17) is 0 Å². The van der Waals surface area contributed by atoms with Crippen LogP contribution in [0.3, 0.4) is 0 Å². The van der Waals surface area contributed by atoms with Crippen molar-refractivity contribution >= 4 is 60.5 Å². The Bertz CT molecular complexity index is 657. The van der Waals surface area contributed by atoms with Gasteiger partial charge in [0.1, 0.15) is 5.69 Å². The summed E-state index contributed by atoms with van der Waals surface area (Å²) in [6, 6.07) is 6.12. The zero-order valence-corrected chi connectivity index (χ0v) is 13.2. The minimum absolute atomic E-state index is 0.156. The Morgan fingerprint density at radius 2 is 2.05 bits per heavy atom. The minimum Gasteiger partial charge on any atom is -0.316 e. The van der Waals surface area contributed by atoms with E-state index in [-0.39, 0.29) is 17.3 Å². The van der Waals surface area contributed by atoms with Gasteiger partial charge in [-0.3, -0.25) is 14.9 Å². The van der Waals surface area contributed by atoms with Crippen molar-refractivity contribution in [2.45, 2.75) is 0 Å². The molecule has 1 aromatic heterocycles. The molecule has 0 unspecified atom stereocenters. The molecule has 1 amide bonds. The average Bonchev–Trinajstić information content (AvgIpc) is 2.78. The lowest BCUT2D eigenvalue weighted by atomic mass is 10.2. The smallest absolute Gasteiger partial charge is 0.293 e. The number of carbonyl (C=O) groups excluding carboxylic acids is 1. The first-order valence-corrected chi connectivity index (χ1v) is 7.43. The van der Waals surface area contributed by atoms with Crippen LogP contribution < -0.4 is 5.32 Å². The van der Waals surface area contributed by atoms with Gasteiger partial charge in [0.2, 0.25) is 0 Å². The van der Waals surface area contributed by atoms with Gasteiger partial charge < -0.3 is 5.32 Å². The normalized spacial score (nSPS) is 10.2. The molecule has 0 aliphatic heterocycles. The fraction of sp³-hybridized carbons (Fsp3) is 0. The number of benzene rings is 1. The Morgan fingerprint density at radius 1 is 1.32 bits per heavy atom. The van der Waals surface area contributed by atoms with Crippen molar-refractivity contribution < 1.29 is 9.72 Å². The van der Waals surface area contributed by atoms with Crippen LogP contribution in [0.25, 0.3) is 0 Å². The molecule has 98 valence electrons. The van der Waals surface area contributed by atoms with Crippen molar-refractivity contribution in [3.05, 3.63) is 53.6 Å². The Morgan fingerprint density at radius 3 is 2.63 bits per heavy atom. The number of anilines is 1. The number of amides is 1. The van der Waals surface area contributed by atoms with E-state index in [0.717, 1.165) is 3.79 Å². The maximum absolute atomic E-state index is 11.9. The Labute approximate surface area is 129 Å². The summed E-state index contributed by atoms with van der Waals surface area (Å²) in [6.07, 6.45) is 0. The van der Waals surface area contributed by atoms with Crippen LogP contribution in [-0.4, -0.2) is 10.8 Å². The maximum Gasteiger partial charge on any atom is 0.293 e. The number of halogens is 2. The Kier molecular flexibility index (Phi) is 4.33. The number of thiophene rings is 1. The molecule has 0 bridgehead atoms. The van der Waals surface area contributed by atoms with E-state index in [1.54, 1.807) is 17.5 Å². The zero-order chi connectivity index (χ0) is 14.0. The average molecular weight is 406 g/mol. The molecule has 0 atom stereocenters. The summed E-state index contributed by atoms with van der Waals surface area (Å²) in [4.78, 5) is 22.3. The highest BCUT2D eigenvalue weighted by molar-refractivity contribution is 9.11. The SMILES string of the molecule is O=C(Nc1ccc(Br)cc1[N+](=O)[O-])c1csc(Br)c1. The molecule has 2 rings (SSSR count). The molecule has 0 aliphatic rings. The molecule has 0 saturated heterocycles. The third kappa shape index (κ3) is 3.40. The number of nitro groups is 1. The molecule has 0 aliphatic carbocycles. The summed E-state index contributed by atoms with van der Waals surface area (Å²) >= 11 is 7.79. The summed E-state index contributed by atoms with van der Waals surface area (Å²) in [5.74, 6) is -0.382. The highest BCUT2D eigenvalue weighted by Crippen LogP contribution is 2.29. The highest BCUT2D eigenvalue weighted by atomic mass is 79.9. The summed E-state index contributed by atoms with van der Waals surface area (Å²) in [5, 5.41) is 15.1. The number of hydrogen-bond acceptors (Lipinski definition) is 4. The third-order valence-electron chi connectivity index (χ3n) is 2.23. The monoisotopic (exact) mass is 404 g/mol. The largest absolute Gasteiger partial charge is 0.316 e. The van der Waals surface area contributed by atoms with Gasteiger partial charge in [0, 0.05) is 15.9 Å². The van der Waals surface area contributed by atoms with Crippen molar-refractivity contribution in [3.63, 3.8) is 0 Å². The second-order valence-corrected chi connectivity index (χ2v) is 6.72. The Balaban J connectivity index is 2.28. The Hall–Kier alpha value is -1.25. The predicted octanol–water partition coefficient (Wildman–Crippen LogP) is 4.43. The molecule has 0 radical (unpaired) electrons. The molecule has 2 aromatic rings. The standard InChI is InChI=1S/C11H6Br2N2O3S/c12-7-1-2-8(9(4-7)15(17)18)14-11(16)6-3-10(13)19-5-6/h1-5H,(H,14,16). The maximum atomic E-state index is 11.9. The van der Waals surface area contributed by atoms with Crippen LogP contribution in [0.5, 0.6) is 0 Å². The summed E-state index contributed by atoms with van der Waals surface area (Å²) in [6.45, 7) is 0. The van der Waals surface area contributed by atoms with Gasteiger partial charge in [-0.15, -0.1) is 11.3 Å². The second-order valence-electron chi connectivity index (χ2n) is 3.51. The van der Waals surface area contributed by atoms with Crippen LogP contribution in [0.2, 0.25) is 0 Å². The summed E-state index contributed by atoms with van der Waals surface area (Å²) in [5.41, 5.74) is 0.464. The van der Waals surface area contributed by atoms with Crippen LogP contribution in [0.1, 0.15) is 10.4 Å². The van der Waals surface area contributed by atoms with Gasteiger partial charge in [-0.2, -0.15) is 0 Å². The van der Waals surface area contributed by atoms with E-state index in [2.05, 4.69) is 37.2 Å². The van der Waals surface area contributed by atoms with E-state index < -0.39 is 4.92 Å². The molecule has 1 N–H and O–H groups in total. The van der Waals surface area contributed by atoms with E-state index in [1.165, 1.54) is 23.5 Å². The lowest BCUT2D eigenvalue weighted by Gasteiger charge is -2.05. The fourth-order valence-electron chi connectivity index (χ4n) is 1.39. The number of nitrogens with one attached hydrogen (secondary N) is 1. The number of rotatable bonds is 3. The third-order valence-corrected chi connectivity index (χ3v) is 4.23. The molecule has 0 spiro atoms. The molecule has 1 aromatic carbocycles. The van der Waals surface area contributed by atoms with Gasteiger partial charge in [-0.25, -0.2) is 0 Å². The number of carbonyl (C=O) groups is 1. The predicted molar refractivity (Wildman–Crippen MR) is 80.8 cm³/mol. The van der Waals surface area contributed by atoms with E-state index in [1.807, 2.05) is 0 Å². The van der Waals surface area contributed by atoms with Gasteiger partial charge in [-0.05, 0) is 34.1 Å². The molecule has 5 nitrogen and oxygen atoms in total. The van der Waals surface area contributed by atoms with Crippen LogP contribution in [0.15, 0.2) is 37.9 Å².